The number of rotatable bonds is 5. The minimum Gasteiger partial charge on any atom is -0.338 e. The molecular formula is C21H17N5O. The molecule has 1 amide bonds. The van der Waals surface area contributed by atoms with Gasteiger partial charge >= 0.3 is 0 Å². The molecule has 4 rings (SSSR count). The van der Waals surface area contributed by atoms with E-state index in [4.69, 9.17) is 0 Å². The van der Waals surface area contributed by atoms with Gasteiger partial charge in [0.25, 0.3) is 5.91 Å². The Bertz CT molecular complexity index is 977. The number of hydrogen-bond acceptors (Lipinski definition) is 4. The van der Waals surface area contributed by atoms with Gasteiger partial charge in [-0.3, -0.25) is 9.78 Å². The van der Waals surface area contributed by atoms with E-state index in [2.05, 4.69) is 20.5 Å². The molecular weight excluding hydrogens is 338 g/mol. The zero-order valence-electron chi connectivity index (χ0n) is 14.4. The van der Waals surface area contributed by atoms with Crippen LogP contribution < -0.4 is 5.32 Å². The summed E-state index contributed by atoms with van der Waals surface area (Å²) in [5, 5.41) is 11.5. The lowest BCUT2D eigenvalue weighted by Gasteiger charge is -2.18. The molecule has 2 aromatic carbocycles. The van der Waals surface area contributed by atoms with E-state index in [0.717, 1.165) is 16.9 Å². The van der Waals surface area contributed by atoms with Crippen molar-refractivity contribution < 1.29 is 4.79 Å². The third-order valence-corrected chi connectivity index (χ3v) is 4.10. The lowest BCUT2D eigenvalue weighted by molar-refractivity contribution is 0.0937. The zero-order chi connectivity index (χ0) is 18.5. The van der Waals surface area contributed by atoms with Crippen molar-refractivity contribution in [1.29, 1.82) is 0 Å². The summed E-state index contributed by atoms with van der Waals surface area (Å²) in [6, 6.07) is 24.4. The monoisotopic (exact) mass is 355 g/mol. The number of pyridine rings is 1. The third-order valence-electron chi connectivity index (χ3n) is 4.10. The quantitative estimate of drug-likeness (QED) is 0.597. The van der Waals surface area contributed by atoms with Crippen LogP contribution in [0.4, 0.5) is 0 Å². The molecule has 1 unspecified atom stereocenters. The van der Waals surface area contributed by atoms with E-state index in [9.17, 15) is 4.79 Å². The highest BCUT2D eigenvalue weighted by Gasteiger charge is 2.20. The van der Waals surface area contributed by atoms with Gasteiger partial charge in [0.2, 0.25) is 0 Å². The molecule has 4 aromatic rings. The molecule has 6 nitrogen and oxygen atoms in total. The largest absolute Gasteiger partial charge is 0.338 e. The van der Waals surface area contributed by atoms with Gasteiger partial charge in [-0.1, -0.05) is 54.6 Å². The minimum atomic E-state index is -0.373. The first-order valence-electron chi connectivity index (χ1n) is 8.56. The summed E-state index contributed by atoms with van der Waals surface area (Å²) in [4.78, 5) is 18.6. The molecule has 27 heavy (non-hydrogen) atoms. The van der Waals surface area contributed by atoms with Crippen molar-refractivity contribution >= 4 is 5.91 Å². The molecule has 0 radical (unpaired) electrons. The maximum absolute atomic E-state index is 12.8. The Labute approximate surface area is 156 Å². The first kappa shape index (κ1) is 16.7. The smallest absolute Gasteiger partial charge is 0.274 e. The fourth-order valence-electron chi connectivity index (χ4n) is 2.78. The van der Waals surface area contributed by atoms with Crippen molar-refractivity contribution in [2.75, 3.05) is 0 Å². The molecule has 0 aliphatic rings. The number of benzene rings is 2. The molecule has 2 heterocycles. The molecule has 0 saturated heterocycles. The molecule has 1 N–H and O–H groups in total. The molecule has 0 fully saturated rings. The summed E-state index contributed by atoms with van der Waals surface area (Å²) in [6.07, 6.45) is 3.17. The highest BCUT2D eigenvalue weighted by atomic mass is 16.2. The van der Waals surface area contributed by atoms with Crippen LogP contribution in [0, 0.1) is 0 Å². The number of carbonyl (C=O) groups is 1. The van der Waals surface area contributed by atoms with Gasteiger partial charge in [-0.25, -0.2) is 0 Å². The van der Waals surface area contributed by atoms with Crippen LogP contribution in [0.5, 0.6) is 0 Å². The first-order chi connectivity index (χ1) is 13.3. The maximum atomic E-state index is 12.8. The average molecular weight is 355 g/mol. The predicted molar refractivity (Wildman–Crippen MR) is 101 cm³/mol. The van der Waals surface area contributed by atoms with Gasteiger partial charge in [0.1, 0.15) is 0 Å². The number of para-hydroxylation sites is 1. The van der Waals surface area contributed by atoms with E-state index in [1.165, 1.54) is 11.0 Å². The summed E-state index contributed by atoms with van der Waals surface area (Å²) in [5.74, 6) is -0.309. The molecule has 0 spiro atoms. The van der Waals surface area contributed by atoms with Crippen molar-refractivity contribution in [3.63, 3.8) is 0 Å². The van der Waals surface area contributed by atoms with Crippen LogP contribution in [0.3, 0.4) is 0 Å². The highest BCUT2D eigenvalue weighted by molar-refractivity contribution is 5.92. The van der Waals surface area contributed by atoms with E-state index < -0.39 is 0 Å². The first-order valence-corrected chi connectivity index (χ1v) is 8.56. The third kappa shape index (κ3) is 3.74. The van der Waals surface area contributed by atoms with Crippen LogP contribution in [-0.4, -0.2) is 25.9 Å². The molecule has 6 heteroatoms. The van der Waals surface area contributed by atoms with Crippen molar-refractivity contribution in [2.24, 2.45) is 0 Å². The Kier molecular flexibility index (Phi) is 4.70. The lowest BCUT2D eigenvalue weighted by atomic mass is 10.0. The van der Waals surface area contributed by atoms with Crippen molar-refractivity contribution in [2.45, 2.75) is 6.04 Å². The van der Waals surface area contributed by atoms with Crippen LogP contribution in [0.1, 0.15) is 27.8 Å². The van der Waals surface area contributed by atoms with Gasteiger partial charge in [0.05, 0.1) is 23.6 Å². The molecule has 0 aliphatic carbocycles. The Morgan fingerprint density at radius 1 is 0.889 bits per heavy atom. The lowest BCUT2D eigenvalue weighted by Crippen LogP contribution is -2.30. The van der Waals surface area contributed by atoms with E-state index in [0.29, 0.717) is 0 Å². The predicted octanol–water partition coefficient (Wildman–Crippen LogP) is 3.18. The zero-order valence-corrected chi connectivity index (χ0v) is 14.4. The van der Waals surface area contributed by atoms with Gasteiger partial charge in [0, 0.05) is 6.20 Å². The van der Waals surface area contributed by atoms with Gasteiger partial charge in [0.15, 0.2) is 5.69 Å². The second-order valence-corrected chi connectivity index (χ2v) is 5.93. The van der Waals surface area contributed by atoms with Crippen molar-refractivity contribution in [3.8, 4) is 5.69 Å². The number of hydrogen-bond donors (Lipinski definition) is 1. The second-order valence-electron chi connectivity index (χ2n) is 5.93. The van der Waals surface area contributed by atoms with Crippen LogP contribution in [0.25, 0.3) is 5.69 Å². The SMILES string of the molecule is O=C(NC(c1ccccc1)c1ccccn1)c1cnn(-c2ccccc2)n1. The Morgan fingerprint density at radius 2 is 1.59 bits per heavy atom. The van der Waals surface area contributed by atoms with E-state index in [-0.39, 0.29) is 17.6 Å². The number of nitrogens with zero attached hydrogens (tertiary/aromatic N) is 4. The molecule has 1 atom stereocenters. The second kappa shape index (κ2) is 7.61. The van der Waals surface area contributed by atoms with Crippen LogP contribution in [0.2, 0.25) is 0 Å². The summed E-state index contributed by atoms with van der Waals surface area (Å²) >= 11 is 0. The van der Waals surface area contributed by atoms with E-state index in [1.54, 1.807) is 6.20 Å². The Morgan fingerprint density at radius 3 is 2.30 bits per heavy atom. The van der Waals surface area contributed by atoms with Crippen molar-refractivity contribution in [1.82, 2.24) is 25.3 Å². The summed E-state index contributed by atoms with van der Waals surface area (Å²) in [7, 11) is 0. The van der Waals surface area contributed by atoms with Crippen LogP contribution in [0.15, 0.2) is 91.3 Å². The summed E-state index contributed by atoms with van der Waals surface area (Å²) in [5.41, 5.74) is 2.74. The summed E-state index contributed by atoms with van der Waals surface area (Å²) < 4.78 is 0. The van der Waals surface area contributed by atoms with Crippen LogP contribution >= 0.6 is 0 Å². The topological polar surface area (TPSA) is 72.7 Å². The number of aromatic nitrogens is 4. The maximum Gasteiger partial charge on any atom is 0.274 e. The standard InChI is InChI=1S/C21H17N5O/c27-21(19-15-23-26(25-19)17-11-5-2-6-12-17)24-20(16-9-3-1-4-10-16)18-13-7-8-14-22-18/h1-15,20H,(H,24,27). The molecule has 132 valence electrons. The fraction of sp³-hybridized carbons (Fsp3) is 0.0476. The van der Waals surface area contributed by atoms with Gasteiger partial charge < -0.3 is 5.32 Å². The van der Waals surface area contributed by atoms with Gasteiger partial charge in [-0.15, -0.1) is 5.10 Å². The average Bonchev–Trinajstić information content (AvgIpc) is 3.24. The number of nitrogens with one attached hydrogen (secondary N) is 1. The van der Waals surface area contributed by atoms with E-state index in [1.807, 2.05) is 78.9 Å². The normalized spacial score (nSPS) is 11.7. The van der Waals surface area contributed by atoms with Gasteiger partial charge in [-0.2, -0.15) is 9.90 Å². The summed E-state index contributed by atoms with van der Waals surface area (Å²) in [6.45, 7) is 0. The number of amides is 1. The Hall–Kier alpha value is -3.80. The molecule has 0 aliphatic heterocycles. The van der Waals surface area contributed by atoms with Crippen LogP contribution in [-0.2, 0) is 0 Å². The van der Waals surface area contributed by atoms with Crippen molar-refractivity contribution in [3.05, 3.63) is 108 Å². The van der Waals surface area contributed by atoms with E-state index >= 15 is 0 Å². The molecule has 0 saturated carbocycles. The Balaban J connectivity index is 1.60. The minimum absolute atomic E-state index is 0.246. The van der Waals surface area contributed by atoms with Gasteiger partial charge in [-0.05, 0) is 29.8 Å². The number of carbonyl (C=O) groups excluding carboxylic acids is 1. The molecule has 2 aromatic heterocycles. The molecule has 0 bridgehead atoms. The fourth-order valence-corrected chi connectivity index (χ4v) is 2.78. The highest BCUT2D eigenvalue weighted by Crippen LogP contribution is 2.20.